The molecule has 0 aromatic carbocycles. The molecule has 4 nitrogen and oxygen atoms in total. The first-order valence-electron chi connectivity index (χ1n) is 1.63. The minimum absolute atomic E-state index is 0.611. The Morgan fingerprint density at radius 2 is 1.50 bits per heavy atom. The lowest BCUT2D eigenvalue weighted by molar-refractivity contribution is 0.330. The van der Waals surface area contributed by atoms with Crippen molar-refractivity contribution in [1.82, 2.24) is 0 Å². The molecular formula is C2H8O4SSi. The SMILES string of the molecule is C[S+](C)[O-].O=[Si](O)O. The summed E-state index contributed by atoms with van der Waals surface area (Å²) in [6, 6.07) is 0. The van der Waals surface area contributed by atoms with Crippen LogP contribution in [0.3, 0.4) is 0 Å². The summed E-state index contributed by atoms with van der Waals surface area (Å²) in [5, 5.41) is 0. The fourth-order valence-electron chi connectivity index (χ4n) is 0. The van der Waals surface area contributed by atoms with Gasteiger partial charge in [-0.05, 0) is 0 Å². The highest BCUT2D eigenvalue weighted by Crippen LogP contribution is 1.61. The van der Waals surface area contributed by atoms with Gasteiger partial charge in [0.25, 0.3) is 0 Å². The summed E-state index contributed by atoms with van der Waals surface area (Å²) in [7, 11) is -3.13. The first kappa shape index (κ1) is 10.8. The highest BCUT2D eigenvalue weighted by Gasteiger charge is 1.85. The van der Waals surface area contributed by atoms with Crippen LogP contribution in [0.5, 0.6) is 0 Å². The van der Waals surface area contributed by atoms with Gasteiger partial charge in [0.05, 0.1) is 12.5 Å². The summed E-state index contributed by atoms with van der Waals surface area (Å²) in [5.74, 6) is 0. The molecule has 8 heavy (non-hydrogen) atoms. The van der Waals surface area contributed by atoms with Gasteiger partial charge in [0.2, 0.25) is 0 Å². The number of rotatable bonds is 0. The van der Waals surface area contributed by atoms with Gasteiger partial charge in [-0.1, -0.05) is 11.2 Å². The van der Waals surface area contributed by atoms with Crippen molar-refractivity contribution in [3.63, 3.8) is 0 Å². The summed E-state index contributed by atoms with van der Waals surface area (Å²) in [5.41, 5.74) is 0. The van der Waals surface area contributed by atoms with Gasteiger partial charge in [-0.15, -0.1) is 0 Å². The molecule has 0 amide bonds. The van der Waals surface area contributed by atoms with Crippen LogP contribution >= 0.6 is 0 Å². The van der Waals surface area contributed by atoms with Gasteiger partial charge in [0.1, 0.15) is 0 Å². The predicted octanol–water partition coefficient (Wildman–Crippen LogP) is -1.62. The van der Waals surface area contributed by atoms with Crippen LogP contribution in [0.25, 0.3) is 0 Å². The van der Waals surface area contributed by atoms with Gasteiger partial charge < -0.3 is 14.1 Å². The smallest absolute Gasteiger partial charge is 0.617 e. The molecule has 0 unspecified atom stereocenters. The molecular weight excluding hydrogens is 148 g/mol. The lowest BCUT2D eigenvalue weighted by Crippen LogP contribution is -1.90. The highest BCUT2D eigenvalue weighted by molar-refractivity contribution is 7.89. The van der Waals surface area contributed by atoms with Crippen molar-refractivity contribution in [3.05, 3.63) is 0 Å². The molecule has 0 saturated carbocycles. The van der Waals surface area contributed by atoms with Crippen molar-refractivity contribution >= 4 is 20.3 Å². The van der Waals surface area contributed by atoms with Crippen LogP contribution in [0.4, 0.5) is 0 Å². The van der Waals surface area contributed by atoms with Crippen molar-refractivity contribution in [2.75, 3.05) is 12.5 Å². The quantitative estimate of drug-likeness (QED) is 0.326. The van der Waals surface area contributed by atoms with Crippen LogP contribution in [-0.2, 0) is 15.6 Å². The van der Waals surface area contributed by atoms with Crippen LogP contribution in [0.2, 0.25) is 0 Å². The molecule has 0 aromatic rings. The maximum Gasteiger partial charge on any atom is 0.761 e. The van der Waals surface area contributed by atoms with Crippen LogP contribution in [0, 0.1) is 0 Å². The van der Waals surface area contributed by atoms with Crippen molar-refractivity contribution in [1.29, 1.82) is 0 Å². The standard InChI is InChI=1S/C2H6OS.H2O3Si/c2*1-4(2)3/h1-2H3;1-2H. The predicted molar refractivity (Wildman–Crippen MR) is 30.9 cm³/mol. The van der Waals surface area contributed by atoms with E-state index in [1.807, 2.05) is 0 Å². The van der Waals surface area contributed by atoms with Crippen molar-refractivity contribution in [2.45, 2.75) is 0 Å². The Bertz CT molecular complexity index is 58.3. The minimum Gasteiger partial charge on any atom is -0.617 e. The molecule has 0 aliphatic heterocycles. The largest absolute Gasteiger partial charge is 0.761 e. The Morgan fingerprint density at radius 1 is 1.50 bits per heavy atom. The van der Waals surface area contributed by atoms with E-state index in [0.717, 1.165) is 0 Å². The molecule has 0 saturated heterocycles. The van der Waals surface area contributed by atoms with E-state index in [1.54, 1.807) is 12.5 Å². The van der Waals surface area contributed by atoms with Gasteiger partial charge in [-0.3, -0.25) is 4.46 Å². The second-order valence-electron chi connectivity index (χ2n) is 1.02. The number of hydrogen-bond acceptors (Lipinski definition) is 2. The van der Waals surface area contributed by atoms with Crippen molar-refractivity contribution in [2.24, 2.45) is 0 Å². The summed E-state index contributed by atoms with van der Waals surface area (Å²) < 4.78 is 18.3. The third-order valence-electron chi connectivity index (χ3n) is 0. The zero-order valence-electron chi connectivity index (χ0n) is 4.62. The zero-order chi connectivity index (χ0) is 7.15. The Morgan fingerprint density at radius 3 is 1.50 bits per heavy atom. The van der Waals surface area contributed by atoms with Gasteiger partial charge in [-0.2, -0.15) is 0 Å². The van der Waals surface area contributed by atoms with Gasteiger partial charge in [0, 0.05) is 0 Å². The molecule has 6 heteroatoms. The third kappa shape index (κ3) is 26900. The maximum atomic E-state index is 9.56. The molecule has 0 fully saturated rings. The molecule has 0 bridgehead atoms. The molecule has 0 spiro atoms. The molecule has 0 aliphatic rings. The summed E-state index contributed by atoms with van der Waals surface area (Å²) in [6.07, 6.45) is 3.28. The van der Waals surface area contributed by atoms with E-state index < -0.39 is 20.3 Å². The molecule has 0 aliphatic carbocycles. The zero-order valence-corrected chi connectivity index (χ0v) is 6.44. The Kier molecular flexibility index (Phi) is 9.38. The van der Waals surface area contributed by atoms with E-state index in [4.69, 9.17) is 14.1 Å². The molecule has 0 rings (SSSR count). The van der Waals surface area contributed by atoms with Crippen LogP contribution in [0.1, 0.15) is 0 Å². The van der Waals surface area contributed by atoms with Crippen LogP contribution in [0.15, 0.2) is 0 Å². The fraction of sp³-hybridized carbons (Fsp3) is 1.00. The Labute approximate surface area is 52.2 Å². The summed E-state index contributed by atoms with van der Waals surface area (Å²) in [6.45, 7) is 0. The molecule has 50 valence electrons. The second-order valence-corrected chi connectivity index (χ2v) is 3.07. The lowest BCUT2D eigenvalue weighted by atomic mass is 11.9. The average Bonchev–Trinajstić information content (AvgIpc) is 1.25. The maximum absolute atomic E-state index is 9.56. The van der Waals surface area contributed by atoms with Crippen molar-refractivity contribution < 1.29 is 18.6 Å². The molecule has 0 heterocycles. The molecule has 0 atom stereocenters. The summed E-state index contributed by atoms with van der Waals surface area (Å²) in [4.78, 5) is 14.3. The van der Waals surface area contributed by atoms with E-state index in [-0.39, 0.29) is 0 Å². The Balaban J connectivity index is 0. The van der Waals surface area contributed by atoms with E-state index >= 15 is 0 Å². The topological polar surface area (TPSA) is 80.6 Å². The highest BCUT2D eigenvalue weighted by atomic mass is 32.2. The lowest BCUT2D eigenvalue weighted by Gasteiger charge is -1.87. The van der Waals surface area contributed by atoms with Crippen LogP contribution < -0.4 is 0 Å². The monoisotopic (exact) mass is 156 g/mol. The molecule has 0 radical (unpaired) electrons. The summed E-state index contributed by atoms with van der Waals surface area (Å²) >= 11 is -0.611. The second kappa shape index (κ2) is 6.93. The van der Waals surface area contributed by atoms with Crippen molar-refractivity contribution in [3.8, 4) is 0 Å². The third-order valence-corrected chi connectivity index (χ3v) is 0. The van der Waals surface area contributed by atoms with Crippen LogP contribution in [-0.4, -0.2) is 35.8 Å². The first-order chi connectivity index (χ1) is 3.46. The Hall–Kier alpha value is -0.0731. The van der Waals surface area contributed by atoms with E-state index in [2.05, 4.69) is 0 Å². The normalized spacial score (nSPS) is 7.50. The average molecular weight is 156 g/mol. The number of hydrogen-bond donors (Lipinski definition) is 2. The van der Waals surface area contributed by atoms with Gasteiger partial charge in [-0.25, -0.2) is 0 Å². The molecule has 2 N–H and O–H groups in total. The fourth-order valence-corrected chi connectivity index (χ4v) is 0. The minimum atomic E-state index is -3.13. The van der Waals surface area contributed by atoms with Gasteiger partial charge in [0.15, 0.2) is 0 Å². The van der Waals surface area contributed by atoms with Gasteiger partial charge >= 0.3 is 9.17 Å². The van der Waals surface area contributed by atoms with E-state index in [1.165, 1.54) is 0 Å². The molecule has 0 aromatic heterocycles. The van der Waals surface area contributed by atoms with E-state index in [9.17, 15) is 4.55 Å². The first-order valence-corrected chi connectivity index (χ1v) is 4.90. The van der Waals surface area contributed by atoms with E-state index in [0.29, 0.717) is 0 Å².